The predicted molar refractivity (Wildman–Crippen MR) is 92.9 cm³/mol. The van der Waals surface area contributed by atoms with Crippen molar-refractivity contribution >= 4 is 15.8 Å². The smallest absolute Gasteiger partial charge is 0.339 e. The molecule has 0 saturated heterocycles. The summed E-state index contributed by atoms with van der Waals surface area (Å²) in [4.78, 5) is -0.0980. The fraction of sp³-hybridized carbons (Fsp3) is 0.0556. The van der Waals surface area contributed by atoms with Gasteiger partial charge in [0.25, 0.3) is 0 Å². The molecule has 128 valence electrons. The van der Waals surface area contributed by atoms with Crippen LogP contribution < -0.4 is 9.50 Å². The standard InChI is InChI=1S/C18H12N4O3S/c1-13-7-8-15(22-17(12-21)14(10-19)11-20)9-18(13)26(23,24)25-16-5-3-2-4-6-16/h2-9,22H,1H3. The van der Waals surface area contributed by atoms with Crippen LogP contribution in [0.3, 0.4) is 0 Å². The van der Waals surface area contributed by atoms with E-state index in [2.05, 4.69) is 5.32 Å². The summed E-state index contributed by atoms with van der Waals surface area (Å²) < 4.78 is 30.2. The second-order valence-electron chi connectivity index (χ2n) is 5.04. The summed E-state index contributed by atoms with van der Waals surface area (Å²) in [7, 11) is -4.11. The van der Waals surface area contributed by atoms with Crippen molar-refractivity contribution in [2.75, 3.05) is 5.32 Å². The normalized spacial score (nSPS) is 9.92. The number of rotatable bonds is 5. The summed E-state index contributed by atoms with van der Waals surface area (Å²) in [6.07, 6.45) is 0. The number of aryl methyl sites for hydroxylation is 1. The lowest BCUT2D eigenvalue weighted by Crippen LogP contribution is -2.12. The highest BCUT2D eigenvalue weighted by Crippen LogP contribution is 2.25. The first-order chi connectivity index (χ1) is 12.4. The molecule has 0 bridgehead atoms. The monoisotopic (exact) mass is 364 g/mol. The minimum absolute atomic E-state index is 0.0980. The van der Waals surface area contributed by atoms with Gasteiger partial charge in [0.1, 0.15) is 34.5 Å². The second kappa shape index (κ2) is 7.85. The van der Waals surface area contributed by atoms with E-state index in [1.54, 1.807) is 43.3 Å². The van der Waals surface area contributed by atoms with Gasteiger partial charge in [0.2, 0.25) is 0 Å². The van der Waals surface area contributed by atoms with Crippen LogP contribution in [0, 0.1) is 40.9 Å². The van der Waals surface area contributed by atoms with Crippen LogP contribution in [-0.2, 0) is 10.1 Å². The molecule has 7 nitrogen and oxygen atoms in total. The lowest BCUT2D eigenvalue weighted by Gasteiger charge is -2.12. The van der Waals surface area contributed by atoms with Crippen LogP contribution in [0.5, 0.6) is 5.75 Å². The van der Waals surface area contributed by atoms with Crippen molar-refractivity contribution in [1.82, 2.24) is 0 Å². The average molecular weight is 364 g/mol. The van der Waals surface area contributed by atoms with Crippen molar-refractivity contribution in [3.05, 3.63) is 65.4 Å². The van der Waals surface area contributed by atoms with Gasteiger partial charge in [-0.15, -0.1) is 0 Å². The Hall–Kier alpha value is -3.80. The molecule has 2 aromatic carbocycles. The van der Waals surface area contributed by atoms with Crippen molar-refractivity contribution in [3.63, 3.8) is 0 Å². The summed E-state index contributed by atoms with van der Waals surface area (Å²) in [5.74, 6) is 0.166. The summed E-state index contributed by atoms with van der Waals surface area (Å²) >= 11 is 0. The van der Waals surface area contributed by atoms with Gasteiger partial charge in [0.15, 0.2) is 5.57 Å². The number of benzene rings is 2. The summed E-state index contributed by atoms with van der Waals surface area (Å²) in [5, 5.41) is 29.4. The van der Waals surface area contributed by atoms with Crippen molar-refractivity contribution in [3.8, 4) is 24.0 Å². The topological polar surface area (TPSA) is 127 Å². The third-order valence-corrected chi connectivity index (χ3v) is 4.65. The van der Waals surface area contributed by atoms with Gasteiger partial charge in [0.05, 0.1) is 0 Å². The zero-order valence-corrected chi connectivity index (χ0v) is 14.4. The van der Waals surface area contributed by atoms with Crippen molar-refractivity contribution in [1.29, 1.82) is 15.8 Å². The number of anilines is 1. The molecule has 0 unspecified atom stereocenters. The first-order valence-electron chi connectivity index (χ1n) is 7.23. The Morgan fingerprint density at radius 1 is 1.00 bits per heavy atom. The Balaban J connectivity index is 2.42. The molecule has 0 aliphatic rings. The Labute approximate surface area is 151 Å². The fourth-order valence-electron chi connectivity index (χ4n) is 2.02. The molecule has 0 aliphatic heterocycles. The van der Waals surface area contributed by atoms with Crippen LogP contribution in [0.2, 0.25) is 0 Å². The zero-order valence-electron chi connectivity index (χ0n) is 13.6. The van der Waals surface area contributed by atoms with Gasteiger partial charge in [-0.05, 0) is 36.8 Å². The number of nitrogens with one attached hydrogen (secondary N) is 1. The number of hydrogen-bond donors (Lipinski definition) is 1. The van der Waals surface area contributed by atoms with Gasteiger partial charge >= 0.3 is 10.1 Å². The van der Waals surface area contributed by atoms with Crippen molar-refractivity contribution in [2.45, 2.75) is 11.8 Å². The SMILES string of the molecule is Cc1ccc(NC(C#N)=C(C#N)C#N)cc1S(=O)(=O)Oc1ccccc1. The molecule has 0 saturated carbocycles. The van der Waals surface area contributed by atoms with Gasteiger partial charge in [-0.25, -0.2) is 0 Å². The van der Waals surface area contributed by atoms with Crippen LogP contribution in [-0.4, -0.2) is 8.42 Å². The van der Waals surface area contributed by atoms with Crippen molar-refractivity contribution in [2.24, 2.45) is 0 Å². The van der Waals surface area contributed by atoms with Gasteiger partial charge in [-0.3, -0.25) is 0 Å². The molecule has 0 aromatic heterocycles. The Morgan fingerprint density at radius 2 is 1.65 bits per heavy atom. The van der Waals surface area contributed by atoms with Crippen LogP contribution in [0.4, 0.5) is 5.69 Å². The van der Waals surface area contributed by atoms with Crippen LogP contribution >= 0.6 is 0 Å². The minimum atomic E-state index is -4.11. The van der Waals surface area contributed by atoms with Gasteiger partial charge < -0.3 is 9.50 Å². The maximum atomic E-state index is 12.5. The molecule has 0 fully saturated rings. The Bertz CT molecular complexity index is 1070. The van der Waals surface area contributed by atoms with Crippen molar-refractivity contribution < 1.29 is 12.6 Å². The molecular weight excluding hydrogens is 352 g/mol. The van der Waals surface area contributed by atoms with Crippen LogP contribution in [0.1, 0.15) is 5.56 Å². The predicted octanol–water partition coefficient (Wildman–Crippen LogP) is 3.00. The molecule has 0 amide bonds. The maximum Gasteiger partial charge on any atom is 0.339 e. The van der Waals surface area contributed by atoms with Crippen LogP contribution in [0.15, 0.2) is 64.7 Å². The second-order valence-corrected chi connectivity index (χ2v) is 6.56. The van der Waals surface area contributed by atoms with Crippen LogP contribution in [0.25, 0.3) is 0 Å². The Morgan fingerprint density at radius 3 is 2.23 bits per heavy atom. The maximum absolute atomic E-state index is 12.5. The average Bonchev–Trinajstić information content (AvgIpc) is 2.63. The molecule has 2 aromatic rings. The molecular formula is C18H12N4O3S. The summed E-state index contributed by atoms with van der Waals surface area (Å²) in [6, 6.07) is 17.3. The third-order valence-electron chi connectivity index (χ3n) is 3.26. The molecule has 8 heteroatoms. The summed E-state index contributed by atoms with van der Waals surface area (Å²) in [6.45, 7) is 1.60. The first kappa shape index (κ1) is 18.5. The van der Waals surface area contributed by atoms with E-state index in [0.29, 0.717) is 5.56 Å². The van der Waals surface area contributed by atoms with E-state index >= 15 is 0 Å². The zero-order chi connectivity index (χ0) is 19.2. The number of allylic oxidation sites excluding steroid dienone is 2. The molecule has 0 atom stereocenters. The largest absolute Gasteiger partial charge is 0.379 e. The highest BCUT2D eigenvalue weighted by Gasteiger charge is 2.20. The van der Waals surface area contributed by atoms with E-state index in [1.807, 2.05) is 0 Å². The molecule has 0 aliphatic carbocycles. The number of para-hydroxylation sites is 1. The molecule has 1 N–H and O–H groups in total. The molecule has 0 heterocycles. The molecule has 0 radical (unpaired) electrons. The van der Waals surface area contributed by atoms with E-state index in [1.165, 1.54) is 30.3 Å². The highest BCUT2D eigenvalue weighted by atomic mass is 32.2. The summed E-state index contributed by atoms with van der Waals surface area (Å²) in [5.41, 5.74) is -0.00987. The fourth-order valence-corrected chi connectivity index (χ4v) is 3.21. The van der Waals surface area contributed by atoms with Gasteiger partial charge in [0, 0.05) is 5.69 Å². The van der Waals surface area contributed by atoms with E-state index in [-0.39, 0.29) is 22.0 Å². The van der Waals surface area contributed by atoms with E-state index in [9.17, 15) is 8.42 Å². The first-order valence-corrected chi connectivity index (χ1v) is 8.64. The van der Waals surface area contributed by atoms with E-state index in [4.69, 9.17) is 20.0 Å². The minimum Gasteiger partial charge on any atom is -0.379 e. The molecule has 26 heavy (non-hydrogen) atoms. The number of hydrogen-bond acceptors (Lipinski definition) is 7. The van der Waals surface area contributed by atoms with E-state index in [0.717, 1.165) is 0 Å². The van der Waals surface area contributed by atoms with E-state index < -0.39 is 15.7 Å². The molecule has 0 spiro atoms. The Kier molecular flexibility index (Phi) is 5.60. The lowest BCUT2D eigenvalue weighted by atomic mass is 10.2. The van der Waals surface area contributed by atoms with Gasteiger partial charge in [-0.1, -0.05) is 24.3 Å². The third kappa shape index (κ3) is 4.18. The van der Waals surface area contributed by atoms with Gasteiger partial charge in [-0.2, -0.15) is 24.2 Å². The quantitative estimate of drug-likeness (QED) is 0.638. The lowest BCUT2D eigenvalue weighted by molar-refractivity contribution is 0.485. The number of nitrogens with zero attached hydrogens (tertiary/aromatic N) is 3. The number of nitriles is 3. The highest BCUT2D eigenvalue weighted by molar-refractivity contribution is 7.87. The molecule has 2 rings (SSSR count).